The van der Waals surface area contributed by atoms with Gasteiger partial charge < -0.3 is 15.2 Å². The van der Waals surface area contributed by atoms with E-state index in [1.807, 2.05) is 6.07 Å². The standard InChI is InChI=1S/C16H25NO2/c1-12(9-10-17)13-7-8-15(16(11-13)18-2)19-14-5-3-4-6-14/h7-8,11-12,14H,3-6,9-10,17H2,1-2H3. The summed E-state index contributed by atoms with van der Waals surface area (Å²) >= 11 is 0. The fourth-order valence-electron chi connectivity index (χ4n) is 2.69. The fourth-order valence-corrected chi connectivity index (χ4v) is 2.69. The van der Waals surface area contributed by atoms with Gasteiger partial charge in [0.25, 0.3) is 0 Å². The van der Waals surface area contributed by atoms with E-state index in [-0.39, 0.29) is 0 Å². The minimum absolute atomic E-state index is 0.362. The Kier molecular flexibility index (Phi) is 5.08. The summed E-state index contributed by atoms with van der Waals surface area (Å²) < 4.78 is 11.5. The van der Waals surface area contributed by atoms with Gasteiger partial charge in [-0.25, -0.2) is 0 Å². The third-order valence-electron chi connectivity index (χ3n) is 3.95. The van der Waals surface area contributed by atoms with Crippen LogP contribution in [-0.4, -0.2) is 19.8 Å². The minimum atomic E-state index is 0.362. The van der Waals surface area contributed by atoms with Gasteiger partial charge >= 0.3 is 0 Å². The fraction of sp³-hybridized carbons (Fsp3) is 0.625. The Morgan fingerprint density at radius 3 is 2.63 bits per heavy atom. The molecule has 3 heteroatoms. The predicted molar refractivity (Wildman–Crippen MR) is 78.0 cm³/mol. The summed E-state index contributed by atoms with van der Waals surface area (Å²) in [5, 5.41) is 0. The van der Waals surface area contributed by atoms with E-state index in [1.54, 1.807) is 7.11 Å². The molecular formula is C16H25NO2. The van der Waals surface area contributed by atoms with E-state index in [9.17, 15) is 0 Å². The Balaban J connectivity index is 2.11. The first-order chi connectivity index (χ1) is 9.24. The second kappa shape index (κ2) is 6.80. The highest BCUT2D eigenvalue weighted by Crippen LogP contribution is 2.34. The zero-order valence-corrected chi connectivity index (χ0v) is 12.0. The van der Waals surface area contributed by atoms with Crippen LogP contribution in [0, 0.1) is 0 Å². The van der Waals surface area contributed by atoms with Gasteiger partial charge in [-0.05, 0) is 62.3 Å². The maximum Gasteiger partial charge on any atom is 0.161 e. The lowest BCUT2D eigenvalue weighted by molar-refractivity contribution is 0.200. The molecule has 1 aliphatic rings. The molecule has 0 radical (unpaired) electrons. The average molecular weight is 263 g/mol. The van der Waals surface area contributed by atoms with Crippen molar-refractivity contribution < 1.29 is 9.47 Å². The Morgan fingerprint density at radius 1 is 1.26 bits per heavy atom. The summed E-state index contributed by atoms with van der Waals surface area (Å²) in [4.78, 5) is 0. The minimum Gasteiger partial charge on any atom is -0.493 e. The van der Waals surface area contributed by atoms with E-state index in [2.05, 4.69) is 19.1 Å². The number of rotatable bonds is 6. The highest BCUT2D eigenvalue weighted by Gasteiger charge is 2.19. The lowest BCUT2D eigenvalue weighted by Crippen LogP contribution is -2.12. The predicted octanol–water partition coefficient (Wildman–Crippen LogP) is 3.47. The van der Waals surface area contributed by atoms with Crippen molar-refractivity contribution in [3.05, 3.63) is 23.8 Å². The molecule has 19 heavy (non-hydrogen) atoms. The van der Waals surface area contributed by atoms with Gasteiger partial charge in [-0.3, -0.25) is 0 Å². The van der Waals surface area contributed by atoms with Crippen LogP contribution in [0.3, 0.4) is 0 Å². The quantitative estimate of drug-likeness (QED) is 0.854. The highest BCUT2D eigenvalue weighted by atomic mass is 16.5. The van der Waals surface area contributed by atoms with Gasteiger partial charge in [0.2, 0.25) is 0 Å². The van der Waals surface area contributed by atoms with E-state index in [0.29, 0.717) is 18.6 Å². The molecule has 1 aromatic carbocycles. The molecule has 1 fully saturated rings. The summed E-state index contributed by atoms with van der Waals surface area (Å²) in [5.74, 6) is 2.17. The first-order valence-corrected chi connectivity index (χ1v) is 7.29. The molecule has 1 aliphatic carbocycles. The molecule has 0 spiro atoms. The summed E-state index contributed by atoms with van der Waals surface area (Å²) in [6.45, 7) is 2.91. The lowest BCUT2D eigenvalue weighted by atomic mass is 9.97. The van der Waals surface area contributed by atoms with Gasteiger partial charge in [0.1, 0.15) is 0 Å². The van der Waals surface area contributed by atoms with Crippen LogP contribution in [0.25, 0.3) is 0 Å². The molecule has 1 atom stereocenters. The zero-order chi connectivity index (χ0) is 13.7. The van der Waals surface area contributed by atoms with E-state index in [4.69, 9.17) is 15.2 Å². The smallest absolute Gasteiger partial charge is 0.161 e. The maximum absolute atomic E-state index is 6.04. The largest absolute Gasteiger partial charge is 0.493 e. The molecule has 0 aromatic heterocycles. The molecule has 0 amide bonds. The zero-order valence-electron chi connectivity index (χ0n) is 12.0. The average Bonchev–Trinajstić information content (AvgIpc) is 2.92. The van der Waals surface area contributed by atoms with Crippen LogP contribution in [0.5, 0.6) is 11.5 Å². The molecule has 0 aliphatic heterocycles. The molecule has 3 nitrogen and oxygen atoms in total. The van der Waals surface area contributed by atoms with Crippen molar-refractivity contribution in [1.82, 2.24) is 0 Å². The van der Waals surface area contributed by atoms with E-state index in [0.717, 1.165) is 30.8 Å². The van der Waals surface area contributed by atoms with E-state index < -0.39 is 0 Å². The van der Waals surface area contributed by atoms with Crippen molar-refractivity contribution in [2.45, 2.75) is 51.0 Å². The summed E-state index contributed by atoms with van der Waals surface area (Å²) in [6, 6.07) is 6.26. The first-order valence-electron chi connectivity index (χ1n) is 7.29. The van der Waals surface area contributed by atoms with Gasteiger partial charge in [0, 0.05) is 0 Å². The molecule has 2 N–H and O–H groups in total. The molecule has 106 valence electrons. The second-order valence-corrected chi connectivity index (χ2v) is 5.41. The van der Waals surface area contributed by atoms with Crippen molar-refractivity contribution in [1.29, 1.82) is 0 Å². The van der Waals surface area contributed by atoms with Crippen LogP contribution in [-0.2, 0) is 0 Å². The normalized spacial score (nSPS) is 17.4. The molecule has 1 aromatic rings. The van der Waals surface area contributed by atoms with Crippen molar-refractivity contribution in [2.75, 3.05) is 13.7 Å². The SMILES string of the molecule is COc1cc(C(C)CCN)ccc1OC1CCCC1. The Bertz CT molecular complexity index is 400. The number of hydrogen-bond donors (Lipinski definition) is 1. The van der Waals surface area contributed by atoms with Crippen molar-refractivity contribution in [3.63, 3.8) is 0 Å². The number of hydrogen-bond acceptors (Lipinski definition) is 3. The van der Waals surface area contributed by atoms with Gasteiger partial charge in [-0.15, -0.1) is 0 Å². The number of benzene rings is 1. The molecule has 0 bridgehead atoms. The van der Waals surface area contributed by atoms with Crippen LogP contribution in [0.15, 0.2) is 18.2 Å². The van der Waals surface area contributed by atoms with Crippen LogP contribution in [0.2, 0.25) is 0 Å². The van der Waals surface area contributed by atoms with Gasteiger partial charge in [-0.1, -0.05) is 13.0 Å². The molecule has 2 rings (SSSR count). The van der Waals surface area contributed by atoms with E-state index in [1.165, 1.54) is 18.4 Å². The van der Waals surface area contributed by atoms with Crippen LogP contribution in [0.1, 0.15) is 50.5 Å². The first kappa shape index (κ1) is 14.2. The molecule has 1 saturated carbocycles. The van der Waals surface area contributed by atoms with Gasteiger partial charge in [-0.2, -0.15) is 0 Å². The van der Waals surface area contributed by atoms with Gasteiger partial charge in [0.05, 0.1) is 13.2 Å². The third-order valence-corrected chi connectivity index (χ3v) is 3.95. The Hall–Kier alpha value is -1.22. The molecule has 1 unspecified atom stereocenters. The van der Waals surface area contributed by atoms with Crippen molar-refractivity contribution >= 4 is 0 Å². The summed E-state index contributed by atoms with van der Waals surface area (Å²) in [6.07, 6.45) is 6.23. The van der Waals surface area contributed by atoms with Crippen LogP contribution in [0.4, 0.5) is 0 Å². The maximum atomic E-state index is 6.04. The highest BCUT2D eigenvalue weighted by molar-refractivity contribution is 5.44. The van der Waals surface area contributed by atoms with Gasteiger partial charge in [0.15, 0.2) is 11.5 Å². The number of ether oxygens (including phenoxy) is 2. The molecule has 0 saturated heterocycles. The van der Waals surface area contributed by atoms with Crippen molar-refractivity contribution in [2.24, 2.45) is 5.73 Å². The van der Waals surface area contributed by atoms with E-state index >= 15 is 0 Å². The Morgan fingerprint density at radius 2 is 2.00 bits per heavy atom. The summed E-state index contributed by atoms with van der Waals surface area (Å²) in [7, 11) is 1.70. The lowest BCUT2D eigenvalue weighted by Gasteiger charge is -2.18. The van der Waals surface area contributed by atoms with Crippen LogP contribution < -0.4 is 15.2 Å². The molecular weight excluding hydrogens is 238 g/mol. The number of nitrogens with two attached hydrogens (primary N) is 1. The summed E-state index contributed by atoms with van der Waals surface area (Å²) in [5.41, 5.74) is 6.89. The second-order valence-electron chi connectivity index (χ2n) is 5.41. The third kappa shape index (κ3) is 3.63. The topological polar surface area (TPSA) is 44.5 Å². The molecule has 0 heterocycles. The van der Waals surface area contributed by atoms with Crippen LogP contribution >= 0.6 is 0 Å². The number of methoxy groups -OCH3 is 1. The van der Waals surface area contributed by atoms with Crippen molar-refractivity contribution in [3.8, 4) is 11.5 Å². The Labute approximate surface area is 116 Å². The monoisotopic (exact) mass is 263 g/mol.